The minimum Gasteiger partial charge on any atom is -0.380 e. The van der Waals surface area contributed by atoms with E-state index < -0.39 is 0 Å². The molecule has 1 saturated heterocycles. The Morgan fingerprint density at radius 2 is 2.25 bits per heavy atom. The highest BCUT2D eigenvalue weighted by molar-refractivity contribution is 9.10. The molecule has 1 aliphatic rings. The maximum atomic E-state index is 6.05. The lowest BCUT2D eigenvalue weighted by Gasteiger charge is -2.40. The van der Waals surface area contributed by atoms with E-state index in [1.165, 1.54) is 17.5 Å². The first kappa shape index (κ1) is 16.0. The number of benzene rings is 1. The van der Waals surface area contributed by atoms with Crippen molar-refractivity contribution < 1.29 is 4.74 Å². The molecule has 3 unspecified atom stereocenters. The van der Waals surface area contributed by atoms with Crippen molar-refractivity contribution in [2.45, 2.75) is 32.4 Å². The number of rotatable bonds is 4. The van der Waals surface area contributed by atoms with Crippen molar-refractivity contribution in [2.24, 2.45) is 11.7 Å². The molecule has 0 radical (unpaired) electrons. The summed E-state index contributed by atoms with van der Waals surface area (Å²) in [5.41, 5.74) is 8.59. The SMILES string of the molecule is COC1CN(C(CN)c2ccc(C)c(Br)c2)CCC1C. The van der Waals surface area contributed by atoms with Gasteiger partial charge in [-0.15, -0.1) is 0 Å². The molecule has 2 rings (SSSR count). The second-order valence-corrected chi connectivity index (χ2v) is 6.65. The summed E-state index contributed by atoms with van der Waals surface area (Å²) in [4.78, 5) is 2.46. The lowest BCUT2D eigenvalue weighted by atomic mass is 9.93. The largest absolute Gasteiger partial charge is 0.380 e. The van der Waals surface area contributed by atoms with Crippen molar-refractivity contribution in [1.82, 2.24) is 4.90 Å². The van der Waals surface area contributed by atoms with E-state index in [0.717, 1.165) is 17.6 Å². The predicted octanol–water partition coefficient (Wildman–Crippen LogP) is 3.11. The van der Waals surface area contributed by atoms with E-state index in [0.29, 0.717) is 18.6 Å². The predicted molar refractivity (Wildman–Crippen MR) is 86.8 cm³/mol. The van der Waals surface area contributed by atoms with Crippen LogP contribution in [0.3, 0.4) is 0 Å². The molecule has 1 heterocycles. The highest BCUT2D eigenvalue weighted by atomic mass is 79.9. The Hall–Kier alpha value is -0.420. The van der Waals surface area contributed by atoms with Gasteiger partial charge in [0.05, 0.1) is 6.10 Å². The van der Waals surface area contributed by atoms with E-state index in [1.807, 2.05) is 7.11 Å². The summed E-state index contributed by atoms with van der Waals surface area (Å²) >= 11 is 3.62. The van der Waals surface area contributed by atoms with Gasteiger partial charge in [0, 0.05) is 30.7 Å². The fourth-order valence-corrected chi connectivity index (χ4v) is 3.36. The maximum Gasteiger partial charge on any atom is 0.0724 e. The Morgan fingerprint density at radius 1 is 1.50 bits per heavy atom. The highest BCUT2D eigenvalue weighted by Gasteiger charge is 2.30. The van der Waals surface area contributed by atoms with Crippen LogP contribution < -0.4 is 5.73 Å². The Kier molecular flexibility index (Phi) is 5.61. The fraction of sp³-hybridized carbons (Fsp3) is 0.625. The number of halogens is 1. The average molecular weight is 341 g/mol. The van der Waals surface area contributed by atoms with Crippen LogP contribution in [0, 0.1) is 12.8 Å². The molecule has 0 aromatic heterocycles. The zero-order chi connectivity index (χ0) is 14.7. The van der Waals surface area contributed by atoms with Gasteiger partial charge in [0.1, 0.15) is 0 Å². The highest BCUT2D eigenvalue weighted by Crippen LogP contribution is 2.29. The van der Waals surface area contributed by atoms with E-state index in [4.69, 9.17) is 10.5 Å². The molecule has 3 nitrogen and oxygen atoms in total. The maximum absolute atomic E-state index is 6.05. The van der Waals surface area contributed by atoms with Gasteiger partial charge in [0.25, 0.3) is 0 Å². The van der Waals surface area contributed by atoms with E-state index in [9.17, 15) is 0 Å². The molecule has 112 valence electrons. The van der Waals surface area contributed by atoms with Crippen molar-refractivity contribution in [3.63, 3.8) is 0 Å². The van der Waals surface area contributed by atoms with Gasteiger partial charge >= 0.3 is 0 Å². The Balaban J connectivity index is 2.17. The summed E-state index contributed by atoms with van der Waals surface area (Å²) in [6.45, 7) is 7.07. The number of hydrogen-bond acceptors (Lipinski definition) is 3. The summed E-state index contributed by atoms with van der Waals surface area (Å²) in [5.74, 6) is 0.624. The minimum absolute atomic E-state index is 0.275. The molecule has 20 heavy (non-hydrogen) atoms. The van der Waals surface area contributed by atoms with Crippen molar-refractivity contribution in [3.8, 4) is 0 Å². The third-order valence-corrected chi connectivity index (χ3v) is 5.32. The quantitative estimate of drug-likeness (QED) is 0.915. The zero-order valence-electron chi connectivity index (χ0n) is 12.6. The third kappa shape index (κ3) is 3.42. The summed E-state index contributed by atoms with van der Waals surface area (Å²) in [5, 5.41) is 0. The summed E-state index contributed by atoms with van der Waals surface area (Å²) < 4.78 is 6.77. The number of aryl methyl sites for hydroxylation is 1. The van der Waals surface area contributed by atoms with Crippen molar-refractivity contribution in [2.75, 3.05) is 26.7 Å². The molecule has 3 atom stereocenters. The van der Waals surface area contributed by atoms with Crippen LogP contribution in [-0.2, 0) is 4.74 Å². The van der Waals surface area contributed by atoms with Gasteiger partial charge in [0.2, 0.25) is 0 Å². The standard InChI is InChI=1S/C16H25BrN2O/c1-11-4-5-13(8-14(11)17)15(9-18)19-7-6-12(2)16(10-19)20-3/h4-5,8,12,15-16H,6-7,9-10,18H2,1-3H3. The average Bonchev–Trinajstić information content (AvgIpc) is 2.45. The molecule has 0 bridgehead atoms. The normalized spacial score (nSPS) is 25.6. The Labute approximate surface area is 130 Å². The van der Waals surface area contributed by atoms with Crippen LogP contribution >= 0.6 is 15.9 Å². The summed E-state index contributed by atoms with van der Waals surface area (Å²) in [7, 11) is 1.81. The summed E-state index contributed by atoms with van der Waals surface area (Å²) in [6, 6.07) is 6.82. The van der Waals surface area contributed by atoms with Crippen molar-refractivity contribution in [3.05, 3.63) is 33.8 Å². The van der Waals surface area contributed by atoms with Gasteiger partial charge in [-0.25, -0.2) is 0 Å². The van der Waals surface area contributed by atoms with Crippen LogP contribution in [0.2, 0.25) is 0 Å². The zero-order valence-corrected chi connectivity index (χ0v) is 14.2. The Bertz CT molecular complexity index is 452. The van der Waals surface area contributed by atoms with Crippen LogP contribution in [0.15, 0.2) is 22.7 Å². The van der Waals surface area contributed by atoms with E-state index in [1.54, 1.807) is 0 Å². The van der Waals surface area contributed by atoms with Crippen LogP contribution in [0.4, 0.5) is 0 Å². The van der Waals surface area contributed by atoms with Crippen molar-refractivity contribution in [1.29, 1.82) is 0 Å². The minimum atomic E-state index is 0.275. The summed E-state index contributed by atoms with van der Waals surface area (Å²) in [6.07, 6.45) is 1.48. The number of hydrogen-bond donors (Lipinski definition) is 1. The number of nitrogens with two attached hydrogens (primary N) is 1. The first-order valence-electron chi connectivity index (χ1n) is 7.29. The van der Waals surface area contributed by atoms with Gasteiger partial charge in [-0.2, -0.15) is 0 Å². The molecule has 0 aliphatic carbocycles. The molecule has 4 heteroatoms. The van der Waals surface area contributed by atoms with Crippen molar-refractivity contribution >= 4 is 15.9 Å². The number of methoxy groups -OCH3 is 1. The van der Waals surface area contributed by atoms with Gasteiger partial charge in [-0.3, -0.25) is 4.90 Å². The molecular formula is C16H25BrN2O. The Morgan fingerprint density at radius 3 is 2.85 bits per heavy atom. The number of nitrogens with zero attached hydrogens (tertiary/aromatic N) is 1. The fourth-order valence-electron chi connectivity index (χ4n) is 2.96. The molecule has 1 aromatic rings. The van der Waals surface area contributed by atoms with Crippen LogP contribution in [0.25, 0.3) is 0 Å². The second-order valence-electron chi connectivity index (χ2n) is 5.80. The van der Waals surface area contributed by atoms with Gasteiger partial charge in [-0.1, -0.05) is 35.0 Å². The van der Waals surface area contributed by atoms with Crippen LogP contribution in [0.5, 0.6) is 0 Å². The van der Waals surface area contributed by atoms with Crippen LogP contribution in [0.1, 0.15) is 30.5 Å². The van der Waals surface area contributed by atoms with Gasteiger partial charge in [-0.05, 0) is 43.0 Å². The number of ether oxygens (including phenoxy) is 1. The van der Waals surface area contributed by atoms with E-state index in [2.05, 4.69) is 52.9 Å². The first-order chi connectivity index (χ1) is 9.56. The van der Waals surface area contributed by atoms with Crippen LogP contribution in [-0.4, -0.2) is 37.7 Å². The second kappa shape index (κ2) is 7.03. The van der Waals surface area contributed by atoms with Gasteiger partial charge < -0.3 is 10.5 Å². The third-order valence-electron chi connectivity index (χ3n) is 4.47. The van der Waals surface area contributed by atoms with Gasteiger partial charge in [0.15, 0.2) is 0 Å². The molecule has 1 aromatic carbocycles. The monoisotopic (exact) mass is 340 g/mol. The topological polar surface area (TPSA) is 38.5 Å². The van der Waals surface area contributed by atoms with E-state index in [-0.39, 0.29) is 6.04 Å². The molecule has 2 N–H and O–H groups in total. The number of piperidine rings is 1. The van der Waals surface area contributed by atoms with E-state index >= 15 is 0 Å². The lowest BCUT2D eigenvalue weighted by molar-refractivity contribution is -0.0183. The first-order valence-corrected chi connectivity index (χ1v) is 8.09. The lowest BCUT2D eigenvalue weighted by Crippen LogP contribution is -2.47. The molecule has 0 amide bonds. The molecular weight excluding hydrogens is 316 g/mol. The molecule has 1 aliphatic heterocycles. The molecule has 0 spiro atoms. The molecule has 1 fully saturated rings. The smallest absolute Gasteiger partial charge is 0.0724 e. The molecule has 0 saturated carbocycles. The number of likely N-dealkylation sites (tertiary alicyclic amines) is 1.